The molecule has 6 heteroatoms. The number of hydrogen-bond acceptors (Lipinski definition) is 3. The summed E-state index contributed by atoms with van der Waals surface area (Å²) >= 11 is 0. The van der Waals surface area contributed by atoms with Crippen LogP contribution in [0.15, 0.2) is 65.6 Å². The lowest BCUT2D eigenvalue weighted by atomic mass is 10.2. The molecule has 2 amide bonds. The molecule has 1 unspecified atom stereocenters. The maximum Gasteiger partial charge on any atom is 0.322 e. The maximum atomic E-state index is 12.6. The zero-order chi connectivity index (χ0) is 17.0. The minimum atomic E-state index is -3.40. The number of amides is 2. The van der Waals surface area contributed by atoms with Gasteiger partial charge in [-0.25, -0.2) is 13.2 Å². The monoisotopic (exact) mass is 344 g/mol. The second-order valence-corrected chi connectivity index (χ2v) is 7.91. The summed E-state index contributed by atoms with van der Waals surface area (Å²) in [4.78, 5) is 14.4. The summed E-state index contributed by atoms with van der Waals surface area (Å²) < 4.78 is 25.1. The van der Waals surface area contributed by atoms with Crippen molar-refractivity contribution in [3.05, 3.63) is 60.7 Å². The van der Waals surface area contributed by atoms with Crippen LogP contribution in [0.1, 0.15) is 12.8 Å². The van der Waals surface area contributed by atoms with Crippen molar-refractivity contribution >= 4 is 21.6 Å². The Kier molecular flexibility index (Phi) is 4.85. The molecule has 1 N–H and O–H groups in total. The van der Waals surface area contributed by atoms with Gasteiger partial charge in [0.25, 0.3) is 0 Å². The van der Waals surface area contributed by atoms with Crippen molar-refractivity contribution in [3.8, 4) is 0 Å². The highest BCUT2D eigenvalue weighted by molar-refractivity contribution is 7.91. The molecule has 1 aliphatic heterocycles. The summed E-state index contributed by atoms with van der Waals surface area (Å²) in [6.07, 6.45) is 1.52. The van der Waals surface area contributed by atoms with Crippen molar-refractivity contribution < 1.29 is 13.2 Å². The second kappa shape index (κ2) is 7.05. The van der Waals surface area contributed by atoms with Crippen molar-refractivity contribution in [1.82, 2.24) is 4.90 Å². The van der Waals surface area contributed by atoms with E-state index < -0.39 is 9.84 Å². The molecule has 0 saturated carbocycles. The third kappa shape index (κ3) is 3.76. The Bertz CT molecular complexity index is 792. The van der Waals surface area contributed by atoms with Gasteiger partial charge in [0.1, 0.15) is 0 Å². The molecule has 2 aromatic carbocycles. The number of likely N-dealkylation sites (tertiary alicyclic amines) is 1. The Balaban J connectivity index is 1.70. The summed E-state index contributed by atoms with van der Waals surface area (Å²) in [5.74, 6) is -0.0424. The average Bonchev–Trinajstić information content (AvgIpc) is 3.04. The Morgan fingerprint density at radius 2 is 1.67 bits per heavy atom. The fourth-order valence-electron chi connectivity index (χ4n) is 2.97. The van der Waals surface area contributed by atoms with Crippen LogP contribution in [0.5, 0.6) is 0 Å². The quantitative estimate of drug-likeness (QED) is 0.926. The van der Waals surface area contributed by atoms with Gasteiger partial charge in [-0.05, 0) is 37.1 Å². The van der Waals surface area contributed by atoms with E-state index >= 15 is 0 Å². The zero-order valence-corrected chi connectivity index (χ0v) is 14.1. The van der Waals surface area contributed by atoms with E-state index in [1.807, 2.05) is 30.3 Å². The van der Waals surface area contributed by atoms with E-state index in [-0.39, 0.29) is 17.8 Å². The van der Waals surface area contributed by atoms with Gasteiger partial charge in [0.15, 0.2) is 9.84 Å². The number of para-hydroxylation sites is 1. The second-order valence-electron chi connectivity index (χ2n) is 5.88. The highest BCUT2D eigenvalue weighted by Gasteiger charge is 2.33. The molecule has 1 atom stereocenters. The maximum absolute atomic E-state index is 12.6. The Hall–Kier alpha value is -2.34. The molecule has 3 rings (SSSR count). The number of carbonyl (C=O) groups is 1. The van der Waals surface area contributed by atoms with E-state index in [1.54, 1.807) is 35.2 Å². The summed E-state index contributed by atoms with van der Waals surface area (Å²) in [6, 6.07) is 17.0. The van der Waals surface area contributed by atoms with Crippen LogP contribution in [-0.4, -0.2) is 37.7 Å². The number of nitrogens with zero attached hydrogens (tertiary/aromatic N) is 1. The van der Waals surface area contributed by atoms with Gasteiger partial charge in [0, 0.05) is 18.3 Å². The zero-order valence-electron chi connectivity index (χ0n) is 13.3. The predicted molar refractivity (Wildman–Crippen MR) is 93.7 cm³/mol. The van der Waals surface area contributed by atoms with Gasteiger partial charge in [-0.2, -0.15) is 0 Å². The summed E-state index contributed by atoms with van der Waals surface area (Å²) in [5, 5.41) is 2.83. The van der Waals surface area contributed by atoms with Crippen molar-refractivity contribution in [2.75, 3.05) is 17.6 Å². The van der Waals surface area contributed by atoms with Crippen LogP contribution >= 0.6 is 0 Å². The lowest BCUT2D eigenvalue weighted by molar-refractivity contribution is 0.210. The van der Waals surface area contributed by atoms with E-state index in [0.717, 1.165) is 6.42 Å². The molecule has 2 aromatic rings. The first kappa shape index (κ1) is 16.5. The van der Waals surface area contributed by atoms with Crippen LogP contribution in [-0.2, 0) is 9.84 Å². The van der Waals surface area contributed by atoms with Crippen LogP contribution in [0, 0.1) is 0 Å². The van der Waals surface area contributed by atoms with E-state index in [2.05, 4.69) is 5.32 Å². The molecule has 0 aliphatic carbocycles. The van der Waals surface area contributed by atoms with Gasteiger partial charge in [-0.1, -0.05) is 36.4 Å². The minimum Gasteiger partial charge on any atom is -0.321 e. The van der Waals surface area contributed by atoms with Gasteiger partial charge < -0.3 is 10.2 Å². The lowest BCUT2D eigenvalue weighted by Gasteiger charge is -2.25. The molecule has 1 fully saturated rings. The topological polar surface area (TPSA) is 66.5 Å². The van der Waals surface area contributed by atoms with Crippen molar-refractivity contribution in [2.45, 2.75) is 23.8 Å². The molecule has 1 saturated heterocycles. The van der Waals surface area contributed by atoms with Crippen LogP contribution in [0.25, 0.3) is 0 Å². The number of rotatable bonds is 4. The summed E-state index contributed by atoms with van der Waals surface area (Å²) in [6.45, 7) is 0.577. The lowest BCUT2D eigenvalue weighted by Crippen LogP contribution is -2.42. The highest BCUT2D eigenvalue weighted by atomic mass is 32.2. The molecule has 5 nitrogen and oxygen atoms in total. The van der Waals surface area contributed by atoms with Gasteiger partial charge in [0.05, 0.1) is 10.6 Å². The molecule has 1 heterocycles. The first-order chi connectivity index (χ1) is 11.6. The number of carbonyl (C=O) groups excluding carboxylic acids is 1. The Labute approximate surface area is 142 Å². The molecule has 1 aliphatic rings. The van der Waals surface area contributed by atoms with Crippen LogP contribution in [0.2, 0.25) is 0 Å². The van der Waals surface area contributed by atoms with Crippen LogP contribution in [0.4, 0.5) is 10.5 Å². The highest BCUT2D eigenvalue weighted by Crippen LogP contribution is 2.23. The van der Waals surface area contributed by atoms with Crippen LogP contribution in [0.3, 0.4) is 0 Å². The number of urea groups is 1. The predicted octanol–water partition coefficient (Wildman–Crippen LogP) is 3.16. The summed E-state index contributed by atoms with van der Waals surface area (Å²) in [7, 11) is -3.40. The number of benzene rings is 2. The molecule has 0 bridgehead atoms. The van der Waals surface area contributed by atoms with E-state index in [9.17, 15) is 13.2 Å². The standard InChI is InChI=1S/C18H20N2O3S/c21-18(19-15-8-3-1-4-9-15)20-13-7-10-16(20)14-24(22,23)17-11-5-2-6-12-17/h1-6,8-9,11-12,16H,7,10,13-14H2,(H,19,21). The molecule has 0 aromatic heterocycles. The van der Waals surface area contributed by atoms with Gasteiger partial charge in [0.2, 0.25) is 0 Å². The Morgan fingerprint density at radius 3 is 2.33 bits per heavy atom. The molecular weight excluding hydrogens is 324 g/mol. The smallest absolute Gasteiger partial charge is 0.321 e. The molecule has 0 radical (unpaired) electrons. The fourth-order valence-corrected chi connectivity index (χ4v) is 4.59. The third-order valence-corrected chi connectivity index (χ3v) is 5.99. The molecule has 126 valence electrons. The number of anilines is 1. The average molecular weight is 344 g/mol. The molecule has 0 spiro atoms. The van der Waals surface area contributed by atoms with E-state index in [4.69, 9.17) is 0 Å². The molecule has 24 heavy (non-hydrogen) atoms. The SMILES string of the molecule is O=C(Nc1ccccc1)N1CCCC1CS(=O)(=O)c1ccccc1. The summed E-state index contributed by atoms with van der Waals surface area (Å²) in [5.41, 5.74) is 0.707. The van der Waals surface area contributed by atoms with E-state index in [0.29, 0.717) is 23.5 Å². The van der Waals surface area contributed by atoms with Crippen molar-refractivity contribution in [2.24, 2.45) is 0 Å². The van der Waals surface area contributed by atoms with Crippen molar-refractivity contribution in [3.63, 3.8) is 0 Å². The van der Waals surface area contributed by atoms with Gasteiger partial charge in [-0.3, -0.25) is 0 Å². The number of hydrogen-bond donors (Lipinski definition) is 1. The number of nitrogens with one attached hydrogen (secondary N) is 1. The van der Waals surface area contributed by atoms with Crippen LogP contribution < -0.4 is 5.32 Å². The first-order valence-corrected chi connectivity index (χ1v) is 9.62. The minimum absolute atomic E-state index is 0.0424. The van der Waals surface area contributed by atoms with E-state index in [1.165, 1.54) is 0 Å². The van der Waals surface area contributed by atoms with Gasteiger partial charge in [-0.15, -0.1) is 0 Å². The third-order valence-electron chi connectivity index (χ3n) is 4.18. The normalized spacial score (nSPS) is 17.7. The van der Waals surface area contributed by atoms with Crippen molar-refractivity contribution in [1.29, 1.82) is 0 Å². The number of sulfone groups is 1. The first-order valence-electron chi connectivity index (χ1n) is 7.97. The Morgan fingerprint density at radius 1 is 1.04 bits per heavy atom. The molecular formula is C18H20N2O3S. The fraction of sp³-hybridized carbons (Fsp3) is 0.278. The van der Waals surface area contributed by atoms with Gasteiger partial charge >= 0.3 is 6.03 Å². The largest absolute Gasteiger partial charge is 0.322 e.